The van der Waals surface area contributed by atoms with Gasteiger partial charge in [0.2, 0.25) is 0 Å². The van der Waals surface area contributed by atoms with Crippen LogP contribution in [0.3, 0.4) is 0 Å². The number of fused-ring (bicyclic) bond motifs is 1. The van der Waals surface area contributed by atoms with Crippen LogP contribution in [-0.2, 0) is 11.3 Å². The largest absolute Gasteiger partial charge is 0.446 e. The molecule has 0 atom stereocenters. The minimum absolute atomic E-state index is 0.0593. The lowest BCUT2D eigenvalue weighted by Crippen LogP contribution is -2.40. The lowest BCUT2D eigenvalue weighted by atomic mass is 9.99. The van der Waals surface area contributed by atoms with Crippen LogP contribution in [-0.4, -0.2) is 30.2 Å². The summed E-state index contributed by atoms with van der Waals surface area (Å²) in [7, 11) is 0. The van der Waals surface area contributed by atoms with Gasteiger partial charge in [0, 0.05) is 19.6 Å². The summed E-state index contributed by atoms with van der Waals surface area (Å²) < 4.78 is 5.86. The third-order valence-corrected chi connectivity index (χ3v) is 6.61. The summed E-state index contributed by atoms with van der Waals surface area (Å²) >= 11 is 0. The Labute approximate surface area is 201 Å². The molecule has 0 radical (unpaired) electrons. The van der Waals surface area contributed by atoms with Crippen molar-refractivity contribution in [3.05, 3.63) is 120 Å². The van der Waals surface area contributed by atoms with Gasteiger partial charge in [0.15, 0.2) is 0 Å². The molecule has 0 aromatic heterocycles. The molecular formula is C30H30N2O2. The van der Waals surface area contributed by atoms with Gasteiger partial charge < -0.3 is 10.1 Å². The molecule has 4 aromatic carbocycles. The van der Waals surface area contributed by atoms with Crippen molar-refractivity contribution in [2.45, 2.75) is 31.5 Å². The van der Waals surface area contributed by atoms with Crippen LogP contribution in [0.15, 0.2) is 103 Å². The van der Waals surface area contributed by atoms with Crippen molar-refractivity contribution >= 4 is 16.9 Å². The first kappa shape index (κ1) is 22.2. The number of nitrogens with one attached hydrogen (secondary N) is 1. The summed E-state index contributed by atoms with van der Waals surface area (Å²) in [6.45, 7) is 2.76. The SMILES string of the molecule is O=C(NC(c1ccccc1)c1ccccc1)OC1CCN(Cc2cccc3ccccc23)CC1. The number of amides is 1. The second kappa shape index (κ2) is 10.5. The molecule has 0 spiro atoms. The van der Waals surface area contributed by atoms with Crippen molar-refractivity contribution in [3.8, 4) is 0 Å². The van der Waals surface area contributed by atoms with Gasteiger partial charge in [0.25, 0.3) is 0 Å². The van der Waals surface area contributed by atoms with Crippen LogP contribution >= 0.6 is 0 Å². The maximum absolute atomic E-state index is 12.8. The lowest BCUT2D eigenvalue weighted by molar-refractivity contribution is 0.0477. The molecule has 4 heteroatoms. The highest BCUT2D eigenvalue weighted by molar-refractivity contribution is 5.85. The Hall–Kier alpha value is -3.63. The minimum Gasteiger partial charge on any atom is -0.446 e. The Morgan fingerprint density at radius 2 is 1.38 bits per heavy atom. The standard InChI is InChI=1S/C30H30N2O2/c33-30(31-29(24-11-3-1-4-12-24)25-13-5-2-6-14-25)34-27-18-20-32(21-19-27)22-26-16-9-15-23-10-7-8-17-28(23)26/h1-17,27,29H,18-22H2,(H,31,33). The number of carbonyl (C=O) groups excluding carboxylic acids is 1. The fraction of sp³-hybridized carbons (Fsp3) is 0.233. The van der Waals surface area contributed by atoms with E-state index in [1.54, 1.807) is 0 Å². The number of carbonyl (C=O) groups is 1. The first-order chi connectivity index (χ1) is 16.8. The highest BCUT2D eigenvalue weighted by atomic mass is 16.6. The highest BCUT2D eigenvalue weighted by Crippen LogP contribution is 2.24. The van der Waals surface area contributed by atoms with Crippen molar-refractivity contribution in [1.82, 2.24) is 10.2 Å². The van der Waals surface area contributed by atoms with Crippen molar-refractivity contribution in [2.24, 2.45) is 0 Å². The van der Waals surface area contributed by atoms with E-state index in [0.717, 1.165) is 43.6 Å². The fourth-order valence-corrected chi connectivity index (χ4v) is 4.81. The maximum atomic E-state index is 12.8. The predicted octanol–water partition coefficient (Wildman–Crippen LogP) is 6.32. The molecule has 1 aliphatic heterocycles. The number of nitrogens with zero attached hydrogens (tertiary/aromatic N) is 1. The van der Waals surface area contributed by atoms with Gasteiger partial charge in [-0.05, 0) is 40.3 Å². The maximum Gasteiger partial charge on any atom is 0.408 e. The summed E-state index contributed by atoms with van der Waals surface area (Å²) in [6.07, 6.45) is 1.28. The van der Waals surface area contributed by atoms with Crippen LogP contribution in [0.4, 0.5) is 4.79 Å². The molecule has 0 saturated carbocycles. The molecule has 1 amide bonds. The minimum atomic E-state index is -0.356. The van der Waals surface area contributed by atoms with Crippen LogP contribution in [0.2, 0.25) is 0 Å². The summed E-state index contributed by atoms with van der Waals surface area (Å²) in [5.74, 6) is 0. The highest BCUT2D eigenvalue weighted by Gasteiger charge is 2.24. The van der Waals surface area contributed by atoms with E-state index in [9.17, 15) is 4.79 Å². The molecule has 172 valence electrons. The van der Waals surface area contributed by atoms with E-state index in [2.05, 4.69) is 52.7 Å². The summed E-state index contributed by atoms with van der Waals surface area (Å²) in [5, 5.41) is 5.69. The summed E-state index contributed by atoms with van der Waals surface area (Å²) in [4.78, 5) is 15.3. The number of benzene rings is 4. The topological polar surface area (TPSA) is 41.6 Å². The van der Waals surface area contributed by atoms with Crippen LogP contribution in [0.1, 0.15) is 35.6 Å². The van der Waals surface area contributed by atoms with Crippen molar-refractivity contribution in [3.63, 3.8) is 0 Å². The molecule has 0 aliphatic carbocycles. The van der Waals surface area contributed by atoms with Gasteiger partial charge in [-0.15, -0.1) is 0 Å². The Balaban J connectivity index is 1.18. The summed E-state index contributed by atoms with van der Waals surface area (Å²) in [5.41, 5.74) is 3.43. The molecule has 1 fully saturated rings. The molecule has 34 heavy (non-hydrogen) atoms. The first-order valence-electron chi connectivity index (χ1n) is 12.0. The quantitative estimate of drug-likeness (QED) is 0.374. The Kier molecular flexibility index (Phi) is 6.87. The normalized spacial score (nSPS) is 14.9. The van der Waals surface area contributed by atoms with Gasteiger partial charge in [0.05, 0.1) is 6.04 Å². The average Bonchev–Trinajstić information content (AvgIpc) is 2.90. The number of alkyl carbamates (subject to hydrolysis) is 1. The van der Waals surface area contributed by atoms with Crippen molar-refractivity contribution in [1.29, 1.82) is 0 Å². The van der Waals surface area contributed by atoms with Gasteiger partial charge in [-0.25, -0.2) is 4.79 Å². The van der Waals surface area contributed by atoms with Crippen LogP contribution in [0.5, 0.6) is 0 Å². The van der Waals surface area contributed by atoms with E-state index < -0.39 is 0 Å². The van der Waals surface area contributed by atoms with Crippen molar-refractivity contribution < 1.29 is 9.53 Å². The molecular weight excluding hydrogens is 420 g/mol. The molecule has 0 bridgehead atoms. The van der Waals surface area contributed by atoms with Crippen LogP contribution < -0.4 is 5.32 Å². The molecule has 5 rings (SSSR count). The number of rotatable bonds is 6. The fourth-order valence-electron chi connectivity index (χ4n) is 4.81. The van der Waals surface area contributed by atoms with E-state index in [-0.39, 0.29) is 18.2 Å². The predicted molar refractivity (Wildman–Crippen MR) is 137 cm³/mol. The van der Waals surface area contributed by atoms with Crippen molar-refractivity contribution in [2.75, 3.05) is 13.1 Å². The zero-order valence-corrected chi connectivity index (χ0v) is 19.3. The Morgan fingerprint density at radius 1 is 0.794 bits per heavy atom. The number of hydrogen-bond acceptors (Lipinski definition) is 3. The number of hydrogen-bond donors (Lipinski definition) is 1. The zero-order chi connectivity index (χ0) is 23.2. The van der Waals surface area contributed by atoms with E-state index in [4.69, 9.17) is 4.74 Å². The van der Waals surface area contributed by atoms with E-state index in [1.165, 1.54) is 16.3 Å². The third kappa shape index (κ3) is 5.29. The second-order valence-corrected chi connectivity index (χ2v) is 8.92. The van der Waals surface area contributed by atoms with Gasteiger partial charge in [-0.3, -0.25) is 4.90 Å². The molecule has 0 unspecified atom stereocenters. The summed E-state index contributed by atoms with van der Waals surface area (Å²) in [6, 6.07) is 34.9. The molecule has 4 nitrogen and oxygen atoms in total. The second-order valence-electron chi connectivity index (χ2n) is 8.92. The van der Waals surface area contributed by atoms with E-state index in [0.29, 0.717) is 0 Å². The Bertz CT molecular complexity index is 1170. The van der Waals surface area contributed by atoms with Crippen LogP contribution in [0, 0.1) is 0 Å². The average molecular weight is 451 g/mol. The van der Waals surface area contributed by atoms with Gasteiger partial charge in [-0.1, -0.05) is 103 Å². The lowest BCUT2D eigenvalue weighted by Gasteiger charge is -2.32. The van der Waals surface area contributed by atoms with Gasteiger partial charge in [0.1, 0.15) is 6.10 Å². The number of likely N-dealkylation sites (tertiary alicyclic amines) is 1. The zero-order valence-electron chi connectivity index (χ0n) is 19.3. The molecule has 4 aromatic rings. The van der Waals surface area contributed by atoms with E-state index >= 15 is 0 Å². The van der Waals surface area contributed by atoms with Gasteiger partial charge >= 0.3 is 6.09 Å². The molecule has 1 saturated heterocycles. The Morgan fingerprint density at radius 3 is 2.06 bits per heavy atom. The third-order valence-electron chi connectivity index (χ3n) is 6.61. The molecule has 1 aliphatic rings. The van der Waals surface area contributed by atoms with Crippen LogP contribution in [0.25, 0.3) is 10.8 Å². The van der Waals surface area contributed by atoms with Gasteiger partial charge in [-0.2, -0.15) is 0 Å². The van der Waals surface area contributed by atoms with E-state index in [1.807, 2.05) is 60.7 Å². The first-order valence-corrected chi connectivity index (χ1v) is 12.0. The monoisotopic (exact) mass is 450 g/mol. The number of ether oxygens (including phenoxy) is 1. The molecule has 1 N–H and O–H groups in total. The number of piperidine rings is 1. The molecule has 1 heterocycles. The smallest absolute Gasteiger partial charge is 0.408 e.